The van der Waals surface area contributed by atoms with E-state index >= 15 is 0 Å². The zero-order chi connectivity index (χ0) is 10.7. The predicted octanol–water partition coefficient (Wildman–Crippen LogP) is 2.71. The van der Waals surface area contributed by atoms with Crippen molar-refractivity contribution in [2.75, 3.05) is 0 Å². The lowest BCUT2D eigenvalue weighted by Crippen LogP contribution is -2.11. The lowest BCUT2D eigenvalue weighted by Gasteiger charge is -2.13. The van der Waals surface area contributed by atoms with Gasteiger partial charge >= 0.3 is 0 Å². The van der Waals surface area contributed by atoms with Gasteiger partial charge < -0.3 is 5.73 Å². The van der Waals surface area contributed by atoms with Crippen molar-refractivity contribution in [3.8, 4) is 0 Å². The average molecular weight is 197 g/mol. The van der Waals surface area contributed by atoms with Crippen molar-refractivity contribution < 1.29 is 8.78 Å². The van der Waals surface area contributed by atoms with Gasteiger partial charge in [-0.2, -0.15) is 0 Å². The minimum absolute atomic E-state index is 0.457. The van der Waals surface area contributed by atoms with Gasteiger partial charge in [0.1, 0.15) is 11.6 Å². The molecule has 0 spiro atoms. The van der Waals surface area contributed by atoms with Crippen molar-refractivity contribution in [3.05, 3.63) is 47.5 Å². The molecule has 0 amide bonds. The van der Waals surface area contributed by atoms with Crippen LogP contribution in [0.1, 0.15) is 24.1 Å². The molecule has 0 aliphatic carbocycles. The van der Waals surface area contributed by atoms with Crippen LogP contribution < -0.4 is 5.73 Å². The Kier molecular flexibility index (Phi) is 3.36. The zero-order valence-corrected chi connectivity index (χ0v) is 8.06. The van der Waals surface area contributed by atoms with Gasteiger partial charge in [0.15, 0.2) is 0 Å². The first-order chi connectivity index (χ1) is 6.60. The van der Waals surface area contributed by atoms with Crippen LogP contribution in [0.2, 0.25) is 0 Å². The van der Waals surface area contributed by atoms with Gasteiger partial charge in [-0.1, -0.05) is 13.0 Å². The molecule has 0 aliphatic heterocycles. The van der Waals surface area contributed by atoms with Crippen molar-refractivity contribution in [1.29, 1.82) is 0 Å². The molecule has 0 heterocycles. The second kappa shape index (κ2) is 4.33. The third-order valence-corrected chi connectivity index (χ3v) is 2.16. The highest BCUT2D eigenvalue weighted by Gasteiger charge is 2.13. The van der Waals surface area contributed by atoms with E-state index in [1.165, 1.54) is 12.1 Å². The Bertz CT molecular complexity index is 347. The van der Waals surface area contributed by atoms with Crippen LogP contribution >= 0.6 is 0 Å². The summed E-state index contributed by atoms with van der Waals surface area (Å²) in [5.41, 5.74) is 6.59. The predicted molar refractivity (Wildman–Crippen MR) is 52.9 cm³/mol. The molecule has 1 rings (SSSR count). The Morgan fingerprint density at radius 3 is 2.64 bits per heavy atom. The lowest BCUT2D eigenvalue weighted by molar-refractivity contribution is 0.566. The second-order valence-corrected chi connectivity index (χ2v) is 3.07. The minimum atomic E-state index is -0.605. The van der Waals surface area contributed by atoms with E-state index in [1.54, 1.807) is 6.92 Å². The maximum absolute atomic E-state index is 13.3. The van der Waals surface area contributed by atoms with Crippen LogP contribution in [-0.4, -0.2) is 0 Å². The van der Waals surface area contributed by atoms with Crippen molar-refractivity contribution >= 4 is 0 Å². The highest BCUT2D eigenvalue weighted by atomic mass is 19.1. The molecule has 1 aromatic carbocycles. The van der Waals surface area contributed by atoms with E-state index in [1.807, 2.05) is 0 Å². The monoisotopic (exact) mass is 197 g/mol. The first-order valence-electron chi connectivity index (χ1n) is 4.46. The van der Waals surface area contributed by atoms with Gasteiger partial charge in [0.05, 0.1) is 0 Å². The molecular weight excluding hydrogens is 184 g/mol. The molecule has 0 saturated heterocycles. The first kappa shape index (κ1) is 10.9. The summed E-state index contributed by atoms with van der Waals surface area (Å²) < 4.78 is 26.2. The Morgan fingerprint density at radius 2 is 2.14 bits per heavy atom. The van der Waals surface area contributed by atoms with Gasteiger partial charge in [-0.3, -0.25) is 0 Å². The van der Waals surface area contributed by atoms with Crippen LogP contribution in [0.4, 0.5) is 8.78 Å². The molecular formula is C11H13F2N. The van der Waals surface area contributed by atoms with Crippen molar-refractivity contribution in [3.63, 3.8) is 0 Å². The van der Waals surface area contributed by atoms with E-state index in [0.29, 0.717) is 17.5 Å². The number of rotatable bonds is 3. The van der Waals surface area contributed by atoms with Crippen molar-refractivity contribution in [1.82, 2.24) is 0 Å². The lowest BCUT2D eigenvalue weighted by atomic mass is 9.98. The number of nitrogens with two attached hydrogens (primary N) is 1. The van der Waals surface area contributed by atoms with Crippen LogP contribution in [0, 0.1) is 11.6 Å². The van der Waals surface area contributed by atoms with Crippen LogP contribution in [0.25, 0.3) is 0 Å². The third-order valence-electron chi connectivity index (χ3n) is 2.16. The van der Waals surface area contributed by atoms with E-state index in [-0.39, 0.29) is 0 Å². The molecule has 1 nitrogen and oxygen atoms in total. The van der Waals surface area contributed by atoms with Gasteiger partial charge in [-0.15, -0.1) is 6.58 Å². The second-order valence-electron chi connectivity index (χ2n) is 3.07. The molecule has 0 radical (unpaired) electrons. The first-order valence-corrected chi connectivity index (χ1v) is 4.46. The third kappa shape index (κ3) is 1.99. The average Bonchev–Trinajstić information content (AvgIpc) is 2.15. The molecule has 0 fully saturated rings. The zero-order valence-electron chi connectivity index (χ0n) is 8.06. The van der Waals surface area contributed by atoms with Gasteiger partial charge in [-0.05, 0) is 23.6 Å². The Labute approximate surface area is 82.2 Å². The summed E-state index contributed by atoms with van der Waals surface area (Å²) in [5.74, 6) is -1.15. The van der Waals surface area contributed by atoms with Crippen LogP contribution in [0.5, 0.6) is 0 Å². The number of hydrogen-bond acceptors (Lipinski definition) is 1. The van der Waals surface area contributed by atoms with E-state index in [2.05, 4.69) is 6.58 Å². The molecule has 0 aromatic heterocycles. The number of benzene rings is 1. The Hall–Kier alpha value is -1.22. The van der Waals surface area contributed by atoms with E-state index in [4.69, 9.17) is 5.73 Å². The summed E-state index contributed by atoms with van der Waals surface area (Å²) in [5, 5.41) is 0. The van der Waals surface area contributed by atoms with Crippen LogP contribution in [-0.2, 0) is 6.42 Å². The standard InChI is InChI=1S/C11H13F2N/c1-3-8-9(11(14)4-2)5-7(12)6-10(8)13/h4-6,11H,2-3,14H2,1H3/t11-/m1/s1. The Morgan fingerprint density at radius 1 is 1.50 bits per heavy atom. The molecule has 76 valence electrons. The van der Waals surface area contributed by atoms with Gasteiger partial charge in [0, 0.05) is 12.1 Å². The SMILES string of the molecule is C=C[C@@H](N)c1cc(F)cc(F)c1CC. The van der Waals surface area contributed by atoms with Crippen molar-refractivity contribution in [2.45, 2.75) is 19.4 Å². The molecule has 1 atom stereocenters. The fraction of sp³-hybridized carbons (Fsp3) is 0.273. The normalized spacial score (nSPS) is 12.6. The molecule has 0 bridgehead atoms. The fourth-order valence-corrected chi connectivity index (χ4v) is 1.42. The largest absolute Gasteiger partial charge is 0.321 e. The maximum Gasteiger partial charge on any atom is 0.129 e. The molecule has 14 heavy (non-hydrogen) atoms. The minimum Gasteiger partial charge on any atom is -0.321 e. The molecule has 0 unspecified atom stereocenters. The smallest absolute Gasteiger partial charge is 0.129 e. The van der Waals surface area contributed by atoms with Crippen LogP contribution in [0.3, 0.4) is 0 Å². The van der Waals surface area contributed by atoms with Crippen LogP contribution in [0.15, 0.2) is 24.8 Å². The molecule has 2 N–H and O–H groups in total. The molecule has 0 saturated carbocycles. The summed E-state index contributed by atoms with van der Waals surface area (Å²) in [7, 11) is 0. The summed E-state index contributed by atoms with van der Waals surface area (Å²) in [4.78, 5) is 0. The quantitative estimate of drug-likeness (QED) is 0.741. The van der Waals surface area contributed by atoms with Gasteiger partial charge in [-0.25, -0.2) is 8.78 Å². The molecule has 0 aliphatic rings. The van der Waals surface area contributed by atoms with Gasteiger partial charge in [0.25, 0.3) is 0 Å². The van der Waals surface area contributed by atoms with Crippen molar-refractivity contribution in [2.24, 2.45) is 5.73 Å². The highest BCUT2D eigenvalue weighted by molar-refractivity contribution is 5.33. The van der Waals surface area contributed by atoms with E-state index < -0.39 is 17.7 Å². The highest BCUT2D eigenvalue weighted by Crippen LogP contribution is 2.22. The van der Waals surface area contributed by atoms with E-state index in [9.17, 15) is 8.78 Å². The summed E-state index contributed by atoms with van der Waals surface area (Å²) in [6.07, 6.45) is 1.95. The molecule has 3 heteroatoms. The number of hydrogen-bond donors (Lipinski definition) is 1. The fourth-order valence-electron chi connectivity index (χ4n) is 1.42. The number of halogens is 2. The van der Waals surface area contributed by atoms with E-state index in [0.717, 1.165) is 6.07 Å². The summed E-state index contributed by atoms with van der Waals surface area (Å²) in [6, 6.07) is 1.61. The summed E-state index contributed by atoms with van der Waals surface area (Å²) >= 11 is 0. The van der Waals surface area contributed by atoms with Gasteiger partial charge in [0.2, 0.25) is 0 Å². The molecule has 1 aromatic rings. The Balaban J connectivity index is 3.31. The maximum atomic E-state index is 13.3. The topological polar surface area (TPSA) is 26.0 Å². The summed E-state index contributed by atoms with van der Waals surface area (Å²) in [6.45, 7) is 5.30.